The van der Waals surface area contributed by atoms with Crippen LogP contribution in [0.5, 0.6) is 0 Å². The van der Waals surface area contributed by atoms with Gasteiger partial charge in [0.1, 0.15) is 18.2 Å². The molecule has 0 saturated heterocycles. The molecule has 1 amide bonds. The van der Waals surface area contributed by atoms with Gasteiger partial charge in [-0.2, -0.15) is 0 Å². The minimum Gasteiger partial charge on any atom is -0.445 e. The van der Waals surface area contributed by atoms with Crippen LogP contribution in [-0.4, -0.2) is 17.6 Å². The molecular formula is C18H16F2N2O2. The smallest absolute Gasteiger partial charge is 0.407 e. The van der Waals surface area contributed by atoms with E-state index in [4.69, 9.17) is 4.74 Å². The van der Waals surface area contributed by atoms with Crippen LogP contribution in [0, 0.1) is 11.6 Å². The fourth-order valence-corrected chi connectivity index (χ4v) is 2.44. The standard InChI is InChI=1S/C18H16F2N2O2/c19-14-3-1-12(2-4-14)11-24-18(23)21-8-7-13-10-22-17-6-5-15(20)9-16(13)17/h1-6,9-10,22H,7-8,11H2,(H,21,23). The Kier molecular flexibility index (Phi) is 4.74. The fourth-order valence-electron chi connectivity index (χ4n) is 2.44. The van der Waals surface area contributed by atoms with Crippen LogP contribution in [0.3, 0.4) is 0 Å². The van der Waals surface area contributed by atoms with E-state index in [0.717, 1.165) is 16.5 Å². The lowest BCUT2D eigenvalue weighted by molar-refractivity contribution is 0.140. The fraction of sp³-hybridized carbons (Fsp3) is 0.167. The summed E-state index contributed by atoms with van der Waals surface area (Å²) in [6, 6.07) is 10.3. The number of benzene rings is 2. The first kappa shape index (κ1) is 16.0. The van der Waals surface area contributed by atoms with Gasteiger partial charge in [0.25, 0.3) is 0 Å². The Labute approximate surface area is 137 Å². The number of halogens is 2. The van der Waals surface area contributed by atoms with E-state index in [-0.39, 0.29) is 18.2 Å². The number of ether oxygens (including phenoxy) is 1. The number of carbonyl (C=O) groups excluding carboxylic acids is 1. The maximum Gasteiger partial charge on any atom is 0.407 e. The van der Waals surface area contributed by atoms with Crippen LogP contribution in [0.4, 0.5) is 13.6 Å². The summed E-state index contributed by atoms with van der Waals surface area (Å²) in [5.41, 5.74) is 2.48. The third-order valence-electron chi connectivity index (χ3n) is 3.68. The highest BCUT2D eigenvalue weighted by Crippen LogP contribution is 2.19. The molecule has 1 aromatic heterocycles. The van der Waals surface area contributed by atoms with Gasteiger partial charge in [-0.1, -0.05) is 12.1 Å². The predicted molar refractivity (Wildman–Crippen MR) is 86.5 cm³/mol. The Bertz CT molecular complexity index is 844. The highest BCUT2D eigenvalue weighted by atomic mass is 19.1. The molecule has 124 valence electrons. The Hall–Kier alpha value is -2.89. The summed E-state index contributed by atoms with van der Waals surface area (Å²) in [6.07, 6.45) is 1.80. The van der Waals surface area contributed by atoms with Gasteiger partial charge in [-0.3, -0.25) is 0 Å². The number of hydrogen-bond acceptors (Lipinski definition) is 2. The highest BCUT2D eigenvalue weighted by molar-refractivity contribution is 5.83. The minimum absolute atomic E-state index is 0.0738. The summed E-state index contributed by atoms with van der Waals surface area (Å²) in [5.74, 6) is -0.631. The molecule has 0 fully saturated rings. The molecule has 0 unspecified atom stereocenters. The number of hydrogen-bond donors (Lipinski definition) is 2. The normalized spacial score (nSPS) is 10.8. The summed E-state index contributed by atoms with van der Waals surface area (Å²) in [7, 11) is 0. The van der Waals surface area contributed by atoms with Crippen LogP contribution in [0.15, 0.2) is 48.7 Å². The number of fused-ring (bicyclic) bond motifs is 1. The van der Waals surface area contributed by atoms with E-state index in [1.165, 1.54) is 24.3 Å². The summed E-state index contributed by atoms with van der Waals surface area (Å²) < 4.78 is 31.1. The Balaban J connectivity index is 1.47. The maximum atomic E-state index is 13.3. The first-order valence-electron chi connectivity index (χ1n) is 7.52. The Morgan fingerprint density at radius 3 is 2.62 bits per heavy atom. The van der Waals surface area contributed by atoms with Crippen LogP contribution in [0.2, 0.25) is 0 Å². The van der Waals surface area contributed by atoms with Gasteiger partial charge in [-0.05, 0) is 47.9 Å². The lowest BCUT2D eigenvalue weighted by Crippen LogP contribution is -2.26. The number of H-pyrrole nitrogens is 1. The lowest BCUT2D eigenvalue weighted by atomic mass is 10.1. The number of aromatic nitrogens is 1. The Morgan fingerprint density at radius 2 is 1.83 bits per heavy atom. The van der Waals surface area contributed by atoms with Crippen LogP contribution < -0.4 is 5.32 Å². The van der Waals surface area contributed by atoms with Crippen molar-refractivity contribution in [2.75, 3.05) is 6.54 Å². The van der Waals surface area contributed by atoms with Crippen molar-refractivity contribution in [3.05, 3.63) is 71.4 Å². The molecule has 2 aromatic carbocycles. The van der Waals surface area contributed by atoms with E-state index >= 15 is 0 Å². The monoisotopic (exact) mass is 330 g/mol. The molecule has 0 atom stereocenters. The number of aromatic amines is 1. The lowest BCUT2D eigenvalue weighted by Gasteiger charge is -2.07. The van der Waals surface area contributed by atoms with Gasteiger partial charge in [-0.15, -0.1) is 0 Å². The van der Waals surface area contributed by atoms with Gasteiger partial charge in [0.15, 0.2) is 0 Å². The van der Waals surface area contributed by atoms with E-state index in [1.807, 2.05) is 0 Å². The summed E-state index contributed by atoms with van der Waals surface area (Å²) in [4.78, 5) is 14.7. The molecule has 3 rings (SSSR count). The van der Waals surface area contributed by atoms with Gasteiger partial charge in [0.05, 0.1) is 0 Å². The third kappa shape index (κ3) is 3.90. The van der Waals surface area contributed by atoms with Gasteiger partial charge in [0, 0.05) is 23.6 Å². The van der Waals surface area contributed by atoms with E-state index in [0.29, 0.717) is 18.5 Å². The van der Waals surface area contributed by atoms with Crippen LogP contribution in [0.25, 0.3) is 10.9 Å². The molecule has 0 saturated carbocycles. The van der Waals surface area contributed by atoms with Gasteiger partial charge < -0.3 is 15.0 Å². The SMILES string of the molecule is O=C(NCCc1c[nH]c2ccc(F)cc12)OCc1ccc(F)cc1. The van der Waals surface area contributed by atoms with Crippen molar-refractivity contribution in [1.82, 2.24) is 10.3 Å². The Morgan fingerprint density at radius 1 is 1.08 bits per heavy atom. The third-order valence-corrected chi connectivity index (χ3v) is 3.68. The summed E-state index contributed by atoms with van der Waals surface area (Å²) in [5, 5.41) is 3.44. The molecule has 0 bridgehead atoms. The average Bonchev–Trinajstić information content (AvgIpc) is 2.97. The van der Waals surface area contributed by atoms with E-state index in [1.54, 1.807) is 24.4 Å². The number of nitrogens with one attached hydrogen (secondary N) is 2. The van der Waals surface area contributed by atoms with Gasteiger partial charge in [-0.25, -0.2) is 13.6 Å². The van der Waals surface area contributed by atoms with Crippen LogP contribution >= 0.6 is 0 Å². The van der Waals surface area contributed by atoms with Crippen molar-refractivity contribution in [2.45, 2.75) is 13.0 Å². The number of carbonyl (C=O) groups is 1. The van der Waals surface area contributed by atoms with Gasteiger partial charge in [0.2, 0.25) is 0 Å². The molecule has 3 aromatic rings. The molecule has 24 heavy (non-hydrogen) atoms. The minimum atomic E-state index is -0.551. The number of rotatable bonds is 5. The summed E-state index contributed by atoms with van der Waals surface area (Å²) >= 11 is 0. The molecule has 0 radical (unpaired) electrons. The molecule has 0 aliphatic rings. The molecule has 0 aliphatic carbocycles. The average molecular weight is 330 g/mol. The second kappa shape index (κ2) is 7.12. The highest BCUT2D eigenvalue weighted by Gasteiger charge is 2.07. The van der Waals surface area contributed by atoms with Gasteiger partial charge >= 0.3 is 6.09 Å². The molecule has 4 nitrogen and oxygen atoms in total. The number of amides is 1. The quantitative estimate of drug-likeness (QED) is 0.745. The largest absolute Gasteiger partial charge is 0.445 e. The van der Waals surface area contributed by atoms with E-state index < -0.39 is 6.09 Å². The van der Waals surface area contributed by atoms with Crippen molar-refractivity contribution < 1.29 is 18.3 Å². The second-order valence-electron chi connectivity index (χ2n) is 5.38. The van der Waals surface area contributed by atoms with Crippen molar-refractivity contribution in [2.24, 2.45) is 0 Å². The molecule has 1 heterocycles. The van der Waals surface area contributed by atoms with Crippen LogP contribution in [-0.2, 0) is 17.8 Å². The topological polar surface area (TPSA) is 54.1 Å². The maximum absolute atomic E-state index is 13.3. The zero-order valence-electron chi connectivity index (χ0n) is 12.8. The van der Waals surface area contributed by atoms with E-state index in [9.17, 15) is 13.6 Å². The van der Waals surface area contributed by atoms with Crippen molar-refractivity contribution in [3.63, 3.8) is 0 Å². The van der Waals surface area contributed by atoms with Crippen molar-refractivity contribution in [1.29, 1.82) is 0 Å². The zero-order valence-corrected chi connectivity index (χ0v) is 12.8. The number of alkyl carbamates (subject to hydrolysis) is 1. The molecule has 0 aliphatic heterocycles. The molecule has 2 N–H and O–H groups in total. The molecule has 6 heteroatoms. The first-order chi connectivity index (χ1) is 11.6. The molecule has 0 spiro atoms. The zero-order chi connectivity index (χ0) is 16.9. The molecular weight excluding hydrogens is 314 g/mol. The second-order valence-corrected chi connectivity index (χ2v) is 5.38. The van der Waals surface area contributed by atoms with E-state index in [2.05, 4.69) is 10.3 Å². The predicted octanol–water partition coefficient (Wildman–Crippen LogP) is 3.92. The first-order valence-corrected chi connectivity index (χ1v) is 7.52. The van der Waals surface area contributed by atoms with Crippen molar-refractivity contribution >= 4 is 17.0 Å². The van der Waals surface area contributed by atoms with Crippen molar-refractivity contribution in [3.8, 4) is 0 Å². The van der Waals surface area contributed by atoms with Crippen LogP contribution in [0.1, 0.15) is 11.1 Å². The summed E-state index contributed by atoms with van der Waals surface area (Å²) in [6.45, 7) is 0.441.